The second-order valence-corrected chi connectivity index (χ2v) is 6.30. The van der Waals surface area contributed by atoms with Gasteiger partial charge in [-0.05, 0) is 55.0 Å². The molecule has 1 aliphatic heterocycles. The van der Waals surface area contributed by atoms with E-state index in [1.165, 1.54) is 44.2 Å². The monoisotopic (exact) mass is 263 g/mol. The van der Waals surface area contributed by atoms with Gasteiger partial charge >= 0.3 is 0 Å². The first kappa shape index (κ1) is 12.5. The summed E-state index contributed by atoms with van der Waals surface area (Å²) in [6.07, 6.45) is 7.04. The Morgan fingerprint density at radius 2 is 1.72 bits per heavy atom. The van der Waals surface area contributed by atoms with E-state index in [0.29, 0.717) is 0 Å². The maximum atomic E-state index is 6.00. The zero-order valence-electron chi connectivity index (χ0n) is 10.9. The molecule has 2 heteroatoms. The average molecular weight is 264 g/mol. The highest BCUT2D eigenvalue weighted by molar-refractivity contribution is 6.30. The van der Waals surface area contributed by atoms with Crippen LogP contribution in [0, 0.1) is 11.8 Å². The van der Waals surface area contributed by atoms with Crippen molar-refractivity contribution in [2.45, 2.75) is 38.0 Å². The summed E-state index contributed by atoms with van der Waals surface area (Å²) in [5.41, 5.74) is 1.50. The lowest BCUT2D eigenvalue weighted by atomic mass is 9.74. The van der Waals surface area contributed by atoms with Gasteiger partial charge in [-0.15, -0.1) is 0 Å². The van der Waals surface area contributed by atoms with Crippen molar-refractivity contribution in [2.75, 3.05) is 13.1 Å². The van der Waals surface area contributed by atoms with Crippen LogP contribution in [0.3, 0.4) is 0 Å². The third-order valence-electron chi connectivity index (χ3n) is 4.83. The van der Waals surface area contributed by atoms with Crippen LogP contribution < -0.4 is 5.32 Å². The second kappa shape index (κ2) is 5.63. The van der Waals surface area contributed by atoms with E-state index in [4.69, 9.17) is 11.6 Å². The van der Waals surface area contributed by atoms with Gasteiger partial charge in [0.05, 0.1) is 0 Å². The molecule has 1 heterocycles. The molecular formula is C16H22ClN. The smallest absolute Gasteiger partial charge is 0.0406 e. The van der Waals surface area contributed by atoms with Crippen LogP contribution in [0.25, 0.3) is 0 Å². The summed E-state index contributed by atoms with van der Waals surface area (Å²) < 4.78 is 0. The number of rotatable bonds is 2. The summed E-state index contributed by atoms with van der Waals surface area (Å²) in [4.78, 5) is 0. The van der Waals surface area contributed by atoms with E-state index in [9.17, 15) is 0 Å². The van der Waals surface area contributed by atoms with Gasteiger partial charge < -0.3 is 5.32 Å². The zero-order chi connectivity index (χ0) is 12.4. The van der Waals surface area contributed by atoms with Crippen LogP contribution in [-0.2, 0) is 0 Å². The molecule has 18 heavy (non-hydrogen) atoms. The summed E-state index contributed by atoms with van der Waals surface area (Å²) in [6.45, 7) is 2.37. The maximum absolute atomic E-state index is 6.00. The van der Waals surface area contributed by atoms with Gasteiger partial charge in [-0.3, -0.25) is 0 Å². The third kappa shape index (κ3) is 2.57. The van der Waals surface area contributed by atoms with Crippen LogP contribution in [0.2, 0.25) is 5.02 Å². The number of hydrogen-bond acceptors (Lipinski definition) is 1. The Hall–Kier alpha value is -0.530. The highest BCUT2D eigenvalue weighted by Crippen LogP contribution is 2.41. The molecule has 1 saturated heterocycles. The summed E-state index contributed by atoms with van der Waals surface area (Å²) in [6, 6.07) is 8.57. The lowest BCUT2D eigenvalue weighted by molar-refractivity contribution is 0.231. The van der Waals surface area contributed by atoms with E-state index >= 15 is 0 Å². The van der Waals surface area contributed by atoms with Crippen molar-refractivity contribution in [3.63, 3.8) is 0 Å². The van der Waals surface area contributed by atoms with Crippen LogP contribution in [-0.4, -0.2) is 13.1 Å². The molecule has 0 aromatic heterocycles. The number of hydrogen-bond donors (Lipinski definition) is 1. The van der Waals surface area contributed by atoms with Crippen LogP contribution in [0.1, 0.15) is 43.6 Å². The minimum Gasteiger partial charge on any atom is -0.316 e. The first-order valence-corrected chi connectivity index (χ1v) is 7.68. The fourth-order valence-corrected chi connectivity index (χ4v) is 4.01. The molecule has 0 spiro atoms. The minimum absolute atomic E-state index is 0.742. The molecule has 1 N–H and O–H groups in total. The Morgan fingerprint density at radius 1 is 1.00 bits per heavy atom. The summed E-state index contributed by atoms with van der Waals surface area (Å²) in [5, 5.41) is 4.45. The molecule has 0 amide bonds. The van der Waals surface area contributed by atoms with Crippen molar-refractivity contribution >= 4 is 11.6 Å². The lowest BCUT2D eigenvalue weighted by Gasteiger charge is -2.36. The van der Waals surface area contributed by atoms with Crippen molar-refractivity contribution in [2.24, 2.45) is 11.8 Å². The van der Waals surface area contributed by atoms with E-state index in [2.05, 4.69) is 17.4 Å². The van der Waals surface area contributed by atoms with Crippen molar-refractivity contribution in [1.82, 2.24) is 5.32 Å². The molecule has 1 aliphatic carbocycles. The molecule has 2 atom stereocenters. The van der Waals surface area contributed by atoms with Gasteiger partial charge in [0.25, 0.3) is 0 Å². The van der Waals surface area contributed by atoms with E-state index < -0.39 is 0 Å². The Labute approximate surface area is 115 Å². The quantitative estimate of drug-likeness (QED) is 0.842. The highest BCUT2D eigenvalue weighted by atomic mass is 35.5. The van der Waals surface area contributed by atoms with Crippen molar-refractivity contribution in [3.05, 3.63) is 34.9 Å². The Kier molecular flexibility index (Phi) is 3.91. The molecule has 3 rings (SSSR count). The molecule has 2 fully saturated rings. The second-order valence-electron chi connectivity index (χ2n) is 5.86. The normalized spacial score (nSPS) is 29.6. The van der Waals surface area contributed by atoms with Gasteiger partial charge in [0.2, 0.25) is 0 Å². The van der Waals surface area contributed by atoms with Gasteiger partial charge in [0.15, 0.2) is 0 Å². The van der Waals surface area contributed by atoms with Crippen molar-refractivity contribution in [3.8, 4) is 0 Å². The molecule has 1 nitrogen and oxygen atoms in total. The maximum Gasteiger partial charge on any atom is 0.0406 e. The molecule has 98 valence electrons. The van der Waals surface area contributed by atoms with E-state index in [0.717, 1.165) is 29.3 Å². The van der Waals surface area contributed by atoms with Crippen LogP contribution >= 0.6 is 11.6 Å². The molecule has 0 bridgehead atoms. The number of benzene rings is 1. The minimum atomic E-state index is 0.742. The zero-order valence-corrected chi connectivity index (χ0v) is 11.6. The molecule has 1 saturated carbocycles. The average Bonchev–Trinajstić information content (AvgIpc) is 2.93. The first-order chi connectivity index (χ1) is 8.84. The molecule has 1 aromatic carbocycles. The Balaban J connectivity index is 1.80. The van der Waals surface area contributed by atoms with Crippen molar-refractivity contribution in [1.29, 1.82) is 0 Å². The predicted octanol–water partition coefficient (Wildman–Crippen LogP) is 4.22. The van der Waals surface area contributed by atoms with Crippen molar-refractivity contribution < 1.29 is 0 Å². The van der Waals surface area contributed by atoms with Gasteiger partial charge in [-0.1, -0.05) is 49.4 Å². The number of halogens is 1. The van der Waals surface area contributed by atoms with Crippen LogP contribution in [0.5, 0.6) is 0 Å². The Morgan fingerprint density at radius 3 is 2.44 bits per heavy atom. The summed E-state index contributed by atoms with van der Waals surface area (Å²) in [5.74, 6) is 2.52. The summed E-state index contributed by atoms with van der Waals surface area (Å²) >= 11 is 6.00. The van der Waals surface area contributed by atoms with Gasteiger partial charge in [0, 0.05) is 5.02 Å². The number of nitrogens with one attached hydrogen (secondary N) is 1. The Bertz CT molecular complexity index is 381. The largest absolute Gasteiger partial charge is 0.316 e. The molecule has 2 unspecified atom stereocenters. The van der Waals surface area contributed by atoms with Gasteiger partial charge in [0.1, 0.15) is 0 Å². The van der Waals surface area contributed by atoms with E-state index in [1.54, 1.807) is 0 Å². The van der Waals surface area contributed by atoms with E-state index in [1.807, 2.05) is 12.1 Å². The third-order valence-corrected chi connectivity index (χ3v) is 5.08. The summed E-state index contributed by atoms with van der Waals surface area (Å²) in [7, 11) is 0. The van der Waals surface area contributed by atoms with Crippen LogP contribution in [0.4, 0.5) is 0 Å². The van der Waals surface area contributed by atoms with E-state index in [-0.39, 0.29) is 0 Å². The molecule has 2 aliphatic rings. The van der Waals surface area contributed by atoms with Crippen LogP contribution in [0.15, 0.2) is 24.3 Å². The molecule has 0 radical (unpaired) electrons. The fraction of sp³-hybridized carbons (Fsp3) is 0.625. The molecular weight excluding hydrogens is 242 g/mol. The predicted molar refractivity (Wildman–Crippen MR) is 77.1 cm³/mol. The fourth-order valence-electron chi connectivity index (χ4n) is 3.89. The number of piperidine rings is 1. The first-order valence-electron chi connectivity index (χ1n) is 7.31. The lowest BCUT2D eigenvalue weighted by Crippen LogP contribution is -2.38. The highest BCUT2D eigenvalue weighted by Gasteiger charge is 2.33. The topological polar surface area (TPSA) is 12.0 Å². The SMILES string of the molecule is Clc1ccc(C2CCNCC2C2CCCC2)cc1. The van der Waals surface area contributed by atoms with Gasteiger partial charge in [-0.2, -0.15) is 0 Å². The van der Waals surface area contributed by atoms with Gasteiger partial charge in [-0.25, -0.2) is 0 Å². The standard InChI is InChI=1S/C16H22ClN/c17-14-7-5-13(6-8-14)15-9-10-18-11-16(15)12-3-1-2-4-12/h5-8,12,15-16,18H,1-4,9-11H2. The molecule has 1 aromatic rings.